The highest BCUT2D eigenvalue weighted by Crippen LogP contribution is 2.35. The molecule has 0 aliphatic heterocycles. The Morgan fingerprint density at radius 3 is 2.86 bits per heavy atom. The van der Waals surface area contributed by atoms with Crippen LogP contribution in [0.3, 0.4) is 0 Å². The summed E-state index contributed by atoms with van der Waals surface area (Å²) in [4.78, 5) is 20.3. The van der Waals surface area contributed by atoms with E-state index in [4.69, 9.17) is 9.40 Å². The zero-order valence-electron chi connectivity index (χ0n) is 15.6. The number of benzene rings is 1. The molecule has 0 saturated heterocycles. The van der Waals surface area contributed by atoms with Crippen molar-refractivity contribution >= 4 is 33.3 Å². The van der Waals surface area contributed by atoms with E-state index >= 15 is 0 Å². The highest BCUT2D eigenvalue weighted by molar-refractivity contribution is 7.98. The van der Waals surface area contributed by atoms with Crippen LogP contribution in [-0.2, 0) is 18.6 Å². The third kappa shape index (κ3) is 3.28. The first-order chi connectivity index (χ1) is 14.1. The van der Waals surface area contributed by atoms with Gasteiger partial charge in [0.2, 0.25) is 11.8 Å². The van der Waals surface area contributed by atoms with Crippen molar-refractivity contribution in [2.24, 2.45) is 0 Å². The van der Waals surface area contributed by atoms with Gasteiger partial charge < -0.3 is 4.42 Å². The second-order valence-corrected chi connectivity index (χ2v) is 8.91. The van der Waals surface area contributed by atoms with Crippen LogP contribution in [0.25, 0.3) is 15.9 Å². The predicted molar refractivity (Wildman–Crippen MR) is 110 cm³/mol. The first-order valence-corrected chi connectivity index (χ1v) is 11.2. The molecular formula is C20H17FN4O2S2. The molecule has 1 aromatic carbocycles. The van der Waals surface area contributed by atoms with Crippen molar-refractivity contribution in [1.82, 2.24) is 19.7 Å². The third-order valence-electron chi connectivity index (χ3n) is 4.94. The Labute approximate surface area is 173 Å². The van der Waals surface area contributed by atoms with E-state index in [0.717, 1.165) is 36.1 Å². The van der Waals surface area contributed by atoms with Gasteiger partial charge in [0.05, 0.1) is 16.8 Å². The number of thiophene rings is 1. The third-order valence-corrected chi connectivity index (χ3v) is 7.05. The number of halogens is 1. The molecule has 6 nitrogen and oxygen atoms in total. The molecule has 29 heavy (non-hydrogen) atoms. The highest BCUT2D eigenvalue weighted by atomic mass is 32.2. The summed E-state index contributed by atoms with van der Waals surface area (Å²) < 4.78 is 21.4. The summed E-state index contributed by atoms with van der Waals surface area (Å²) in [5, 5.41) is 8.87. The molecule has 148 valence electrons. The molecular weight excluding hydrogens is 411 g/mol. The Hall–Kier alpha value is -2.52. The van der Waals surface area contributed by atoms with Gasteiger partial charge in [-0.25, -0.2) is 9.37 Å². The van der Waals surface area contributed by atoms with E-state index in [0.29, 0.717) is 28.1 Å². The molecule has 1 aliphatic rings. The molecule has 3 heterocycles. The van der Waals surface area contributed by atoms with Gasteiger partial charge in [0.1, 0.15) is 10.6 Å². The number of aromatic nitrogens is 4. The van der Waals surface area contributed by atoms with Gasteiger partial charge in [0, 0.05) is 11.8 Å². The standard InChI is InChI=1S/C20H17FN4O2S2/c1-11-23-24-16(27-11)10-28-20-22-18-17(12-6-2-5-9-15(12)29-18)19(26)25(20)14-8-4-3-7-13(14)21/h3-4,7-8H,2,5-6,9-10H2,1H3. The second-order valence-electron chi connectivity index (χ2n) is 6.88. The maximum atomic E-state index is 14.6. The Balaban J connectivity index is 1.70. The van der Waals surface area contributed by atoms with Crippen LogP contribution in [0, 0.1) is 12.7 Å². The number of hydrogen-bond donors (Lipinski definition) is 0. The Kier molecular flexibility index (Phi) is 4.71. The van der Waals surface area contributed by atoms with Crippen LogP contribution in [0.1, 0.15) is 35.1 Å². The van der Waals surface area contributed by atoms with E-state index < -0.39 is 5.82 Å². The van der Waals surface area contributed by atoms with Crippen molar-refractivity contribution in [3.8, 4) is 5.69 Å². The van der Waals surface area contributed by atoms with Gasteiger partial charge in [0.15, 0.2) is 5.16 Å². The normalized spacial score (nSPS) is 13.7. The fourth-order valence-electron chi connectivity index (χ4n) is 3.65. The van der Waals surface area contributed by atoms with Gasteiger partial charge in [-0.1, -0.05) is 23.9 Å². The van der Waals surface area contributed by atoms with Crippen LogP contribution in [0.4, 0.5) is 4.39 Å². The summed E-state index contributed by atoms with van der Waals surface area (Å²) in [6, 6.07) is 6.28. The maximum absolute atomic E-state index is 14.6. The lowest BCUT2D eigenvalue weighted by Gasteiger charge is -2.13. The van der Waals surface area contributed by atoms with Crippen LogP contribution in [0.5, 0.6) is 0 Å². The van der Waals surface area contributed by atoms with Crippen molar-refractivity contribution in [3.63, 3.8) is 0 Å². The fraction of sp³-hybridized carbons (Fsp3) is 0.300. The lowest BCUT2D eigenvalue weighted by molar-refractivity contribution is 0.485. The van der Waals surface area contributed by atoms with Crippen LogP contribution >= 0.6 is 23.1 Å². The summed E-state index contributed by atoms with van der Waals surface area (Å²) in [5.41, 5.74) is 1.07. The zero-order valence-corrected chi connectivity index (χ0v) is 17.3. The van der Waals surface area contributed by atoms with Crippen molar-refractivity contribution in [2.45, 2.75) is 43.5 Å². The maximum Gasteiger partial charge on any atom is 0.267 e. The zero-order chi connectivity index (χ0) is 20.0. The van der Waals surface area contributed by atoms with Gasteiger partial charge in [-0.05, 0) is 43.4 Å². The van der Waals surface area contributed by atoms with Gasteiger partial charge in [-0.3, -0.25) is 9.36 Å². The number of thioether (sulfide) groups is 1. The molecule has 4 aromatic rings. The topological polar surface area (TPSA) is 73.8 Å². The average molecular weight is 429 g/mol. The molecule has 0 spiro atoms. The molecule has 0 saturated carbocycles. The number of para-hydroxylation sites is 1. The quantitative estimate of drug-likeness (QED) is 0.353. The lowest BCUT2D eigenvalue weighted by atomic mass is 9.97. The molecule has 0 radical (unpaired) electrons. The molecule has 0 atom stereocenters. The summed E-state index contributed by atoms with van der Waals surface area (Å²) in [6.45, 7) is 1.72. The molecule has 0 bridgehead atoms. The summed E-state index contributed by atoms with van der Waals surface area (Å²) in [6.07, 6.45) is 4.03. The van der Waals surface area contributed by atoms with Gasteiger partial charge in [-0.15, -0.1) is 21.5 Å². The Morgan fingerprint density at radius 1 is 1.24 bits per heavy atom. The fourth-order valence-corrected chi connectivity index (χ4v) is 5.80. The van der Waals surface area contributed by atoms with Crippen LogP contribution in [0.15, 0.2) is 38.6 Å². The van der Waals surface area contributed by atoms with E-state index in [1.165, 1.54) is 27.3 Å². The minimum atomic E-state index is -0.463. The molecule has 0 unspecified atom stereocenters. The van der Waals surface area contributed by atoms with Crippen LogP contribution in [-0.4, -0.2) is 19.7 Å². The Bertz CT molecular complexity index is 1280. The van der Waals surface area contributed by atoms with Gasteiger partial charge in [0.25, 0.3) is 5.56 Å². The second kappa shape index (κ2) is 7.38. The highest BCUT2D eigenvalue weighted by Gasteiger charge is 2.24. The van der Waals surface area contributed by atoms with E-state index in [9.17, 15) is 9.18 Å². The largest absolute Gasteiger partial charge is 0.425 e. The molecule has 0 N–H and O–H groups in total. The molecule has 5 rings (SSSR count). The summed E-state index contributed by atoms with van der Waals surface area (Å²) in [5.74, 6) is 0.794. The number of aryl methyl sites for hydroxylation is 3. The molecule has 0 fully saturated rings. The summed E-state index contributed by atoms with van der Waals surface area (Å²) >= 11 is 2.87. The Morgan fingerprint density at radius 2 is 2.07 bits per heavy atom. The van der Waals surface area contributed by atoms with E-state index in [1.807, 2.05) is 0 Å². The smallest absolute Gasteiger partial charge is 0.267 e. The van der Waals surface area contributed by atoms with Crippen molar-refractivity contribution in [3.05, 3.63) is 62.7 Å². The van der Waals surface area contributed by atoms with E-state index in [1.54, 1.807) is 36.5 Å². The summed E-state index contributed by atoms with van der Waals surface area (Å²) in [7, 11) is 0. The molecule has 3 aromatic heterocycles. The number of rotatable bonds is 4. The average Bonchev–Trinajstić information content (AvgIpc) is 3.30. The first kappa shape index (κ1) is 18.5. The monoisotopic (exact) mass is 428 g/mol. The van der Waals surface area contributed by atoms with Gasteiger partial charge >= 0.3 is 0 Å². The number of fused-ring (bicyclic) bond motifs is 3. The van der Waals surface area contributed by atoms with E-state index in [2.05, 4.69) is 10.2 Å². The van der Waals surface area contributed by atoms with Gasteiger partial charge in [-0.2, -0.15) is 0 Å². The first-order valence-electron chi connectivity index (χ1n) is 9.36. The molecule has 9 heteroatoms. The van der Waals surface area contributed by atoms with Crippen molar-refractivity contribution < 1.29 is 8.81 Å². The minimum Gasteiger partial charge on any atom is -0.425 e. The number of nitrogens with zero attached hydrogens (tertiary/aromatic N) is 4. The van der Waals surface area contributed by atoms with Crippen LogP contribution < -0.4 is 5.56 Å². The van der Waals surface area contributed by atoms with Crippen molar-refractivity contribution in [2.75, 3.05) is 0 Å². The molecule has 1 aliphatic carbocycles. The number of hydrogen-bond acceptors (Lipinski definition) is 7. The lowest BCUT2D eigenvalue weighted by Crippen LogP contribution is -2.23. The predicted octanol–water partition coefficient (Wildman–Crippen LogP) is 4.45. The van der Waals surface area contributed by atoms with E-state index in [-0.39, 0.29) is 11.2 Å². The molecule has 0 amide bonds. The minimum absolute atomic E-state index is 0.201. The van der Waals surface area contributed by atoms with Crippen molar-refractivity contribution in [1.29, 1.82) is 0 Å². The SMILES string of the molecule is Cc1nnc(CSc2nc3sc4c(c3c(=O)n2-c2ccccc2F)CCCC4)o1. The van der Waals surface area contributed by atoms with Crippen LogP contribution in [0.2, 0.25) is 0 Å².